The van der Waals surface area contributed by atoms with Gasteiger partial charge in [0, 0.05) is 11.7 Å². The summed E-state index contributed by atoms with van der Waals surface area (Å²) in [5.74, 6) is -1.97. The van der Waals surface area contributed by atoms with E-state index in [1.54, 1.807) is 20.8 Å². The molecular formula is C16H22N2O7S. The number of hydrogen-bond acceptors (Lipinski definition) is 7. The van der Waals surface area contributed by atoms with Gasteiger partial charge in [0.25, 0.3) is 5.91 Å². The molecule has 2 N–H and O–H groups in total. The summed E-state index contributed by atoms with van der Waals surface area (Å²) >= 11 is 0. The fraction of sp³-hybridized carbons (Fsp3) is 0.562. The Morgan fingerprint density at radius 3 is 2.46 bits per heavy atom. The van der Waals surface area contributed by atoms with Gasteiger partial charge in [0.2, 0.25) is 0 Å². The van der Waals surface area contributed by atoms with E-state index in [0.29, 0.717) is 17.7 Å². The maximum Gasteiger partial charge on any atom is 0.355 e. The number of aromatic amines is 1. The number of aryl methyl sites for hydroxylation is 1. The van der Waals surface area contributed by atoms with Crippen LogP contribution in [-0.4, -0.2) is 62.0 Å². The third-order valence-electron chi connectivity index (χ3n) is 4.05. The van der Waals surface area contributed by atoms with E-state index in [4.69, 9.17) is 9.47 Å². The Morgan fingerprint density at radius 1 is 1.19 bits per heavy atom. The van der Waals surface area contributed by atoms with Crippen LogP contribution in [0.5, 0.6) is 0 Å². The van der Waals surface area contributed by atoms with Crippen molar-refractivity contribution in [2.45, 2.75) is 33.2 Å². The van der Waals surface area contributed by atoms with Crippen LogP contribution in [0.4, 0.5) is 0 Å². The van der Waals surface area contributed by atoms with Crippen molar-refractivity contribution in [3.63, 3.8) is 0 Å². The summed E-state index contributed by atoms with van der Waals surface area (Å²) in [6.45, 7) is 4.55. The lowest BCUT2D eigenvalue weighted by Crippen LogP contribution is -2.38. The molecule has 0 aromatic carbocycles. The number of amides is 1. The van der Waals surface area contributed by atoms with Crippen molar-refractivity contribution < 1.29 is 32.3 Å². The molecule has 0 radical (unpaired) electrons. The summed E-state index contributed by atoms with van der Waals surface area (Å²) in [7, 11) is -3.11. The number of sulfone groups is 1. The molecule has 0 aliphatic carbocycles. The number of nitrogens with one attached hydrogen (secondary N) is 2. The Morgan fingerprint density at radius 2 is 1.88 bits per heavy atom. The minimum absolute atomic E-state index is 0.0370. The molecule has 1 atom stereocenters. The molecule has 1 fully saturated rings. The van der Waals surface area contributed by atoms with Gasteiger partial charge in [-0.2, -0.15) is 0 Å². The SMILES string of the molecule is CCOC(=O)c1c(C)[nH]c(C(=O)OCC(=O)N[C@H]2CCS(=O)(=O)C2)c1C. The van der Waals surface area contributed by atoms with Gasteiger partial charge in [-0.3, -0.25) is 4.79 Å². The average molecular weight is 386 g/mol. The van der Waals surface area contributed by atoms with Gasteiger partial charge in [-0.25, -0.2) is 18.0 Å². The molecule has 1 saturated heterocycles. The minimum Gasteiger partial charge on any atom is -0.462 e. The molecule has 1 amide bonds. The second kappa shape index (κ2) is 7.90. The third-order valence-corrected chi connectivity index (χ3v) is 5.82. The van der Waals surface area contributed by atoms with Crippen LogP contribution in [0.1, 0.15) is 45.4 Å². The molecule has 0 spiro atoms. The van der Waals surface area contributed by atoms with Crippen molar-refractivity contribution in [2.75, 3.05) is 24.7 Å². The first-order chi connectivity index (χ1) is 12.1. The Balaban J connectivity index is 1.95. The molecule has 0 bridgehead atoms. The lowest BCUT2D eigenvalue weighted by Gasteiger charge is -2.11. The van der Waals surface area contributed by atoms with Crippen LogP contribution < -0.4 is 5.32 Å². The maximum atomic E-state index is 12.2. The summed E-state index contributed by atoms with van der Waals surface area (Å²) < 4.78 is 32.6. The standard InChI is InChI=1S/C16H22N2O7S/c1-4-24-15(20)13-9(2)14(17-10(13)3)16(21)25-7-12(19)18-11-5-6-26(22,23)8-11/h11,17H,4-8H2,1-3H3,(H,18,19)/t11-/m0/s1. The number of carbonyl (C=O) groups excluding carboxylic acids is 3. The van der Waals surface area contributed by atoms with Gasteiger partial charge < -0.3 is 19.8 Å². The van der Waals surface area contributed by atoms with Crippen LogP contribution in [-0.2, 0) is 24.1 Å². The summed E-state index contributed by atoms with van der Waals surface area (Å²) in [6.07, 6.45) is 0.347. The topological polar surface area (TPSA) is 132 Å². The lowest BCUT2D eigenvalue weighted by molar-refractivity contribution is -0.124. The van der Waals surface area contributed by atoms with Gasteiger partial charge >= 0.3 is 11.9 Å². The average Bonchev–Trinajstić information content (AvgIpc) is 3.03. The van der Waals surface area contributed by atoms with Crippen LogP contribution in [0, 0.1) is 13.8 Å². The first kappa shape index (κ1) is 20.0. The Hall–Kier alpha value is -2.36. The van der Waals surface area contributed by atoms with Crippen molar-refractivity contribution in [3.8, 4) is 0 Å². The molecule has 1 aromatic rings. The Kier molecular flexibility index (Phi) is 6.06. The second-order valence-electron chi connectivity index (χ2n) is 6.09. The number of aromatic nitrogens is 1. The molecule has 1 aliphatic rings. The number of rotatable bonds is 6. The predicted octanol–water partition coefficient (Wildman–Crippen LogP) is 0.268. The summed E-state index contributed by atoms with van der Waals surface area (Å²) in [5.41, 5.74) is 1.18. The summed E-state index contributed by atoms with van der Waals surface area (Å²) in [5, 5.41) is 2.53. The van der Waals surface area contributed by atoms with Crippen LogP contribution in [0.25, 0.3) is 0 Å². The maximum absolute atomic E-state index is 12.2. The second-order valence-corrected chi connectivity index (χ2v) is 8.32. The number of ether oxygens (including phenoxy) is 2. The molecule has 144 valence electrons. The van der Waals surface area contributed by atoms with Crippen molar-refractivity contribution >= 4 is 27.7 Å². The van der Waals surface area contributed by atoms with Crippen molar-refractivity contribution in [1.29, 1.82) is 0 Å². The van der Waals surface area contributed by atoms with Crippen LogP contribution in [0.2, 0.25) is 0 Å². The third kappa shape index (κ3) is 4.63. The van der Waals surface area contributed by atoms with E-state index in [-0.39, 0.29) is 29.4 Å². The highest BCUT2D eigenvalue weighted by molar-refractivity contribution is 7.91. The van der Waals surface area contributed by atoms with E-state index < -0.39 is 40.3 Å². The molecule has 2 rings (SSSR count). The van der Waals surface area contributed by atoms with Gasteiger partial charge in [-0.1, -0.05) is 0 Å². The highest BCUT2D eigenvalue weighted by atomic mass is 32.2. The minimum atomic E-state index is -3.11. The van der Waals surface area contributed by atoms with Gasteiger partial charge in [-0.05, 0) is 32.8 Å². The molecule has 1 aromatic heterocycles. The fourth-order valence-corrected chi connectivity index (χ4v) is 4.52. The van der Waals surface area contributed by atoms with Crippen molar-refractivity contribution in [1.82, 2.24) is 10.3 Å². The largest absolute Gasteiger partial charge is 0.462 e. The summed E-state index contributed by atoms with van der Waals surface area (Å²) in [6, 6.07) is -0.462. The fourth-order valence-electron chi connectivity index (χ4n) is 2.85. The van der Waals surface area contributed by atoms with Gasteiger partial charge in [0.1, 0.15) is 5.69 Å². The van der Waals surface area contributed by atoms with Crippen LogP contribution >= 0.6 is 0 Å². The molecule has 10 heteroatoms. The van der Waals surface area contributed by atoms with Gasteiger partial charge in [0.15, 0.2) is 16.4 Å². The van der Waals surface area contributed by atoms with Crippen molar-refractivity contribution in [2.24, 2.45) is 0 Å². The van der Waals surface area contributed by atoms with E-state index in [0.717, 1.165) is 0 Å². The van der Waals surface area contributed by atoms with Crippen LogP contribution in [0.3, 0.4) is 0 Å². The molecule has 9 nitrogen and oxygen atoms in total. The zero-order valence-corrected chi connectivity index (χ0v) is 15.7. The Bertz CT molecular complexity index is 826. The smallest absolute Gasteiger partial charge is 0.355 e. The first-order valence-corrected chi connectivity index (χ1v) is 10.00. The van der Waals surface area contributed by atoms with E-state index in [2.05, 4.69) is 10.3 Å². The molecular weight excluding hydrogens is 364 g/mol. The number of H-pyrrole nitrogens is 1. The molecule has 0 saturated carbocycles. The molecule has 1 aliphatic heterocycles. The quantitative estimate of drug-likeness (QED) is 0.671. The van der Waals surface area contributed by atoms with E-state index in [1.165, 1.54) is 0 Å². The number of carbonyl (C=O) groups is 3. The predicted molar refractivity (Wildman–Crippen MR) is 91.7 cm³/mol. The zero-order chi connectivity index (χ0) is 19.5. The lowest BCUT2D eigenvalue weighted by atomic mass is 10.1. The highest BCUT2D eigenvalue weighted by Gasteiger charge is 2.29. The number of hydrogen-bond donors (Lipinski definition) is 2. The van der Waals surface area contributed by atoms with E-state index >= 15 is 0 Å². The van der Waals surface area contributed by atoms with Gasteiger partial charge in [0.05, 0.1) is 23.7 Å². The highest BCUT2D eigenvalue weighted by Crippen LogP contribution is 2.20. The van der Waals surface area contributed by atoms with E-state index in [9.17, 15) is 22.8 Å². The normalized spacial score (nSPS) is 18.3. The Labute approximate surface area is 151 Å². The number of esters is 2. The van der Waals surface area contributed by atoms with Crippen LogP contribution in [0.15, 0.2) is 0 Å². The first-order valence-electron chi connectivity index (χ1n) is 8.17. The molecule has 0 unspecified atom stereocenters. The monoisotopic (exact) mass is 386 g/mol. The van der Waals surface area contributed by atoms with E-state index in [1.807, 2.05) is 0 Å². The van der Waals surface area contributed by atoms with Gasteiger partial charge in [-0.15, -0.1) is 0 Å². The zero-order valence-electron chi connectivity index (χ0n) is 14.9. The molecule has 2 heterocycles. The summed E-state index contributed by atoms with van der Waals surface area (Å²) in [4.78, 5) is 38.7. The van der Waals surface area contributed by atoms with Crippen molar-refractivity contribution in [3.05, 3.63) is 22.5 Å². The molecule has 26 heavy (non-hydrogen) atoms.